The van der Waals surface area contributed by atoms with Crippen molar-refractivity contribution >= 4 is 20.7 Å². The zero-order chi connectivity index (χ0) is 25.0. The maximum atomic E-state index is 13.4. The fraction of sp³-hybridized carbons (Fsp3) is 0.409. The van der Waals surface area contributed by atoms with Gasteiger partial charge in [-0.25, -0.2) is 18.2 Å². The van der Waals surface area contributed by atoms with Crippen molar-refractivity contribution in [2.45, 2.75) is 37.8 Å². The first-order valence-electron chi connectivity index (χ1n) is 11.0. The number of hydrogen-bond donors (Lipinski definition) is 1. The van der Waals surface area contributed by atoms with Crippen molar-refractivity contribution in [2.24, 2.45) is 12.5 Å². The Morgan fingerprint density at radius 2 is 1.94 bits per heavy atom. The summed E-state index contributed by atoms with van der Waals surface area (Å²) in [6.45, 7) is 0.954. The first-order chi connectivity index (χ1) is 16.6. The van der Waals surface area contributed by atoms with E-state index >= 15 is 0 Å². The number of hydrogen-bond acceptors (Lipinski definition) is 7. The van der Waals surface area contributed by atoms with Crippen LogP contribution in [0.25, 0.3) is 10.9 Å². The summed E-state index contributed by atoms with van der Waals surface area (Å²) in [6, 6.07) is 4.07. The number of H-pyrrole nitrogens is 1. The maximum absolute atomic E-state index is 13.4. The Kier molecular flexibility index (Phi) is 5.46. The minimum absolute atomic E-state index is 0.0238. The zero-order valence-corrected chi connectivity index (χ0v) is 20.0. The Balaban J connectivity index is 1.68. The fourth-order valence-corrected chi connectivity index (χ4v) is 6.12. The van der Waals surface area contributed by atoms with Crippen molar-refractivity contribution < 1.29 is 12.8 Å². The standard InChI is InChI=1S/C22H24FN7O4S/c1-14-25-19(27-26-14)11-29-18-4-3-16(35(33,34)13-22(12-23)5-6-22)7-17(18)20(31)30(21(29)32)10-15-8-24-28(2)9-15/h3-4,7-9H,5-6,10-13H2,1-2H3,(H,25,26,27). The van der Waals surface area contributed by atoms with Gasteiger partial charge in [-0.1, -0.05) is 0 Å². The molecule has 0 saturated heterocycles. The molecule has 3 heterocycles. The highest BCUT2D eigenvalue weighted by molar-refractivity contribution is 7.91. The average Bonchev–Trinajstić information content (AvgIpc) is 3.26. The van der Waals surface area contributed by atoms with Gasteiger partial charge in [0.15, 0.2) is 15.7 Å². The van der Waals surface area contributed by atoms with Gasteiger partial charge in [0.25, 0.3) is 5.56 Å². The van der Waals surface area contributed by atoms with Crippen LogP contribution in [0, 0.1) is 12.3 Å². The summed E-state index contributed by atoms with van der Waals surface area (Å²) in [5.74, 6) is 0.589. The molecular weight excluding hydrogens is 477 g/mol. The van der Waals surface area contributed by atoms with Crippen LogP contribution < -0.4 is 11.2 Å². The lowest BCUT2D eigenvalue weighted by molar-refractivity contribution is 0.367. The van der Waals surface area contributed by atoms with E-state index in [1.165, 1.54) is 22.8 Å². The number of sulfone groups is 1. The van der Waals surface area contributed by atoms with Crippen LogP contribution in [0.2, 0.25) is 0 Å². The Bertz CT molecular complexity index is 1660. The molecule has 3 aromatic heterocycles. The lowest BCUT2D eigenvalue weighted by Gasteiger charge is -2.15. The molecule has 13 heteroatoms. The second kappa shape index (κ2) is 8.26. The number of benzene rings is 1. The number of fused-ring (bicyclic) bond motifs is 1. The molecule has 184 valence electrons. The van der Waals surface area contributed by atoms with Crippen molar-refractivity contribution in [2.75, 3.05) is 12.4 Å². The maximum Gasteiger partial charge on any atom is 0.332 e. The van der Waals surface area contributed by atoms with Crippen molar-refractivity contribution in [3.8, 4) is 0 Å². The van der Waals surface area contributed by atoms with Crippen LogP contribution >= 0.6 is 0 Å². The first kappa shape index (κ1) is 23.1. The summed E-state index contributed by atoms with van der Waals surface area (Å²) in [5.41, 5.74) is -1.15. The summed E-state index contributed by atoms with van der Waals surface area (Å²) < 4.78 is 43.4. The summed E-state index contributed by atoms with van der Waals surface area (Å²) in [4.78, 5) is 31.0. The molecule has 0 unspecified atom stereocenters. The number of aromatic nitrogens is 7. The SMILES string of the molecule is Cc1nc(Cn2c(=O)n(Cc3cnn(C)c3)c(=O)c3cc(S(=O)(=O)CC4(CF)CC4)ccc32)n[nH]1. The zero-order valence-electron chi connectivity index (χ0n) is 19.2. The predicted molar refractivity (Wildman–Crippen MR) is 125 cm³/mol. The van der Waals surface area contributed by atoms with E-state index < -0.39 is 33.2 Å². The third kappa shape index (κ3) is 4.31. The topological polar surface area (TPSA) is 138 Å². The molecule has 0 aliphatic heterocycles. The van der Waals surface area contributed by atoms with Gasteiger partial charge in [-0.15, -0.1) is 0 Å². The predicted octanol–water partition coefficient (Wildman–Crippen LogP) is 0.943. The second-order valence-electron chi connectivity index (χ2n) is 9.19. The summed E-state index contributed by atoms with van der Waals surface area (Å²) in [5, 5.41) is 10.9. The van der Waals surface area contributed by atoms with Crippen LogP contribution in [-0.4, -0.2) is 54.9 Å². The molecule has 1 aromatic carbocycles. The molecule has 0 bridgehead atoms. The van der Waals surface area contributed by atoms with E-state index in [-0.39, 0.29) is 34.6 Å². The lowest BCUT2D eigenvalue weighted by atomic mass is 10.2. The van der Waals surface area contributed by atoms with Gasteiger partial charge >= 0.3 is 5.69 Å². The molecule has 0 amide bonds. The lowest BCUT2D eigenvalue weighted by Crippen LogP contribution is -2.40. The van der Waals surface area contributed by atoms with Gasteiger partial charge in [0.05, 0.1) is 47.5 Å². The van der Waals surface area contributed by atoms with Crippen LogP contribution in [0.15, 0.2) is 45.1 Å². The molecule has 0 radical (unpaired) electrons. The highest BCUT2D eigenvalue weighted by Gasteiger charge is 2.46. The van der Waals surface area contributed by atoms with E-state index in [2.05, 4.69) is 20.3 Å². The summed E-state index contributed by atoms with van der Waals surface area (Å²) in [6.07, 6.45) is 4.27. The minimum Gasteiger partial charge on any atom is -0.285 e. The molecule has 1 aliphatic rings. The molecule has 0 atom stereocenters. The van der Waals surface area contributed by atoms with E-state index in [9.17, 15) is 22.4 Å². The van der Waals surface area contributed by atoms with Crippen LogP contribution in [0.5, 0.6) is 0 Å². The third-order valence-electron chi connectivity index (χ3n) is 6.33. The Morgan fingerprint density at radius 3 is 2.54 bits per heavy atom. The number of halogens is 1. The summed E-state index contributed by atoms with van der Waals surface area (Å²) in [7, 11) is -2.12. The van der Waals surface area contributed by atoms with Crippen LogP contribution in [0.3, 0.4) is 0 Å². The van der Waals surface area contributed by atoms with Crippen molar-refractivity contribution in [3.05, 3.63) is 68.6 Å². The molecule has 1 saturated carbocycles. The van der Waals surface area contributed by atoms with Gasteiger partial charge in [0.1, 0.15) is 5.82 Å². The molecule has 1 aliphatic carbocycles. The summed E-state index contributed by atoms with van der Waals surface area (Å²) >= 11 is 0. The number of nitrogens with one attached hydrogen (secondary N) is 1. The molecule has 1 fully saturated rings. The number of aromatic amines is 1. The minimum atomic E-state index is -3.84. The van der Waals surface area contributed by atoms with Crippen LogP contribution in [0.4, 0.5) is 4.39 Å². The Morgan fingerprint density at radius 1 is 1.17 bits per heavy atom. The monoisotopic (exact) mass is 501 g/mol. The number of rotatable bonds is 8. The molecule has 4 aromatic rings. The van der Waals surface area contributed by atoms with Gasteiger partial charge in [0.2, 0.25) is 0 Å². The largest absolute Gasteiger partial charge is 0.332 e. The van der Waals surface area contributed by atoms with Gasteiger partial charge in [-0.2, -0.15) is 10.2 Å². The molecule has 0 spiro atoms. The number of aryl methyl sites for hydroxylation is 2. The normalized spacial score (nSPS) is 15.1. The van der Waals surface area contributed by atoms with Gasteiger partial charge in [-0.3, -0.25) is 28.1 Å². The fourth-order valence-electron chi connectivity index (χ4n) is 4.21. The Hall–Kier alpha value is -3.61. The van der Waals surface area contributed by atoms with E-state index in [1.54, 1.807) is 31.0 Å². The van der Waals surface area contributed by atoms with Crippen molar-refractivity contribution in [1.29, 1.82) is 0 Å². The first-order valence-corrected chi connectivity index (χ1v) is 12.7. The quantitative estimate of drug-likeness (QED) is 0.379. The van der Waals surface area contributed by atoms with Crippen LogP contribution in [0.1, 0.15) is 30.1 Å². The van der Waals surface area contributed by atoms with E-state index in [0.717, 1.165) is 4.57 Å². The smallest absolute Gasteiger partial charge is 0.285 e. The van der Waals surface area contributed by atoms with E-state index in [1.807, 2.05) is 0 Å². The molecular formula is C22H24FN7O4S. The van der Waals surface area contributed by atoms with Gasteiger partial charge in [-0.05, 0) is 38.0 Å². The number of nitrogens with zero attached hydrogens (tertiary/aromatic N) is 6. The van der Waals surface area contributed by atoms with Gasteiger partial charge < -0.3 is 0 Å². The molecule has 1 N–H and O–H groups in total. The molecule has 5 rings (SSSR count). The van der Waals surface area contributed by atoms with E-state index in [4.69, 9.17) is 0 Å². The van der Waals surface area contributed by atoms with E-state index in [0.29, 0.717) is 30.1 Å². The highest BCUT2D eigenvalue weighted by Crippen LogP contribution is 2.47. The Labute approximate surface area is 199 Å². The van der Waals surface area contributed by atoms with Gasteiger partial charge in [0, 0.05) is 24.2 Å². The third-order valence-corrected chi connectivity index (χ3v) is 8.30. The second-order valence-corrected chi connectivity index (χ2v) is 11.2. The highest BCUT2D eigenvalue weighted by atomic mass is 32.2. The van der Waals surface area contributed by atoms with Crippen molar-refractivity contribution in [1.82, 2.24) is 34.1 Å². The van der Waals surface area contributed by atoms with Crippen molar-refractivity contribution in [3.63, 3.8) is 0 Å². The molecule has 11 nitrogen and oxygen atoms in total. The molecule has 35 heavy (non-hydrogen) atoms. The average molecular weight is 502 g/mol. The number of alkyl halides is 1. The van der Waals surface area contributed by atoms with Crippen LogP contribution in [-0.2, 0) is 30.0 Å².